The third-order valence-electron chi connectivity index (χ3n) is 2.78. The summed E-state index contributed by atoms with van der Waals surface area (Å²) >= 11 is 7.43. The molecular formula is C15H14ClFOS. The van der Waals surface area contributed by atoms with E-state index in [2.05, 4.69) is 0 Å². The summed E-state index contributed by atoms with van der Waals surface area (Å²) in [5.41, 5.74) is 1.56. The molecule has 1 nitrogen and oxygen atoms in total. The van der Waals surface area contributed by atoms with Crippen LogP contribution >= 0.6 is 23.4 Å². The van der Waals surface area contributed by atoms with Crippen LogP contribution in [0.25, 0.3) is 0 Å². The largest absolute Gasteiger partial charge is 0.389 e. The SMILES string of the molecule is CC(O)c1cccc(F)c1SCc1ccccc1Cl. The highest BCUT2D eigenvalue weighted by molar-refractivity contribution is 7.98. The van der Waals surface area contributed by atoms with Gasteiger partial charge >= 0.3 is 0 Å². The molecule has 0 aromatic heterocycles. The number of hydrogen-bond donors (Lipinski definition) is 1. The molecule has 1 unspecified atom stereocenters. The van der Waals surface area contributed by atoms with Crippen LogP contribution in [0.3, 0.4) is 0 Å². The van der Waals surface area contributed by atoms with Crippen LogP contribution in [0, 0.1) is 5.82 Å². The number of halogens is 2. The first kappa shape index (κ1) is 14.4. The van der Waals surface area contributed by atoms with Gasteiger partial charge in [-0.3, -0.25) is 0 Å². The van der Waals surface area contributed by atoms with Gasteiger partial charge in [-0.1, -0.05) is 41.9 Å². The zero-order valence-electron chi connectivity index (χ0n) is 10.4. The second kappa shape index (κ2) is 6.42. The Morgan fingerprint density at radius 2 is 1.95 bits per heavy atom. The van der Waals surface area contributed by atoms with Crippen molar-refractivity contribution >= 4 is 23.4 Å². The van der Waals surface area contributed by atoms with Gasteiger partial charge in [-0.05, 0) is 30.2 Å². The summed E-state index contributed by atoms with van der Waals surface area (Å²) in [4.78, 5) is 0.484. The molecule has 0 fully saturated rings. The van der Waals surface area contributed by atoms with E-state index < -0.39 is 6.10 Å². The summed E-state index contributed by atoms with van der Waals surface area (Å²) in [5.74, 6) is 0.260. The quantitative estimate of drug-likeness (QED) is 0.816. The van der Waals surface area contributed by atoms with Crippen LogP contribution < -0.4 is 0 Å². The molecule has 0 aliphatic rings. The van der Waals surface area contributed by atoms with Crippen LogP contribution in [0.15, 0.2) is 47.4 Å². The summed E-state index contributed by atoms with van der Waals surface area (Å²) in [7, 11) is 0. The minimum atomic E-state index is -0.690. The van der Waals surface area contributed by atoms with Crippen LogP contribution in [0.1, 0.15) is 24.2 Å². The molecule has 1 N–H and O–H groups in total. The topological polar surface area (TPSA) is 20.2 Å². The van der Waals surface area contributed by atoms with Crippen molar-refractivity contribution < 1.29 is 9.50 Å². The second-order valence-electron chi connectivity index (χ2n) is 4.21. The van der Waals surface area contributed by atoms with Gasteiger partial charge in [0, 0.05) is 15.7 Å². The van der Waals surface area contributed by atoms with Crippen LogP contribution in [-0.2, 0) is 5.75 Å². The lowest BCUT2D eigenvalue weighted by Crippen LogP contribution is -1.97. The second-order valence-corrected chi connectivity index (χ2v) is 5.61. The molecule has 0 saturated heterocycles. The number of aliphatic hydroxyl groups is 1. The molecule has 2 aromatic carbocycles. The van der Waals surface area contributed by atoms with Gasteiger partial charge < -0.3 is 5.11 Å². The maximum Gasteiger partial charge on any atom is 0.137 e. The maximum absolute atomic E-state index is 13.8. The van der Waals surface area contributed by atoms with Gasteiger partial charge in [0.2, 0.25) is 0 Å². The molecule has 4 heteroatoms. The first-order valence-corrected chi connectivity index (χ1v) is 7.28. The van der Waals surface area contributed by atoms with E-state index in [4.69, 9.17) is 11.6 Å². The van der Waals surface area contributed by atoms with E-state index in [1.807, 2.05) is 24.3 Å². The van der Waals surface area contributed by atoms with Gasteiger partial charge in [0.1, 0.15) is 5.82 Å². The Hall–Kier alpha value is -1.03. The van der Waals surface area contributed by atoms with Crippen LogP contribution in [0.4, 0.5) is 4.39 Å². The number of rotatable bonds is 4. The van der Waals surface area contributed by atoms with Gasteiger partial charge in [0.15, 0.2) is 0 Å². The molecule has 2 aromatic rings. The number of benzene rings is 2. The Balaban J connectivity index is 2.22. The average Bonchev–Trinajstić information content (AvgIpc) is 2.38. The van der Waals surface area contributed by atoms with Gasteiger partial charge in [-0.25, -0.2) is 4.39 Å². The minimum absolute atomic E-state index is 0.310. The van der Waals surface area contributed by atoms with Crippen molar-refractivity contribution in [1.82, 2.24) is 0 Å². The third kappa shape index (κ3) is 3.50. The van der Waals surface area contributed by atoms with E-state index >= 15 is 0 Å². The molecule has 0 radical (unpaired) electrons. The molecule has 0 saturated carbocycles. The molecule has 0 heterocycles. The fraction of sp³-hybridized carbons (Fsp3) is 0.200. The average molecular weight is 297 g/mol. The Kier molecular flexibility index (Phi) is 4.86. The smallest absolute Gasteiger partial charge is 0.137 e. The Labute approximate surface area is 121 Å². The highest BCUT2D eigenvalue weighted by atomic mass is 35.5. The molecule has 0 bridgehead atoms. The Bertz CT molecular complexity index is 572. The Morgan fingerprint density at radius 1 is 1.21 bits per heavy atom. The monoisotopic (exact) mass is 296 g/mol. The first-order chi connectivity index (χ1) is 9.09. The van der Waals surface area contributed by atoms with Crippen molar-refractivity contribution in [2.24, 2.45) is 0 Å². The molecule has 0 spiro atoms. The maximum atomic E-state index is 13.8. The van der Waals surface area contributed by atoms with Crippen LogP contribution in [-0.4, -0.2) is 5.11 Å². The number of aliphatic hydroxyl groups excluding tert-OH is 1. The molecule has 0 aliphatic carbocycles. The summed E-state index contributed by atoms with van der Waals surface area (Å²) < 4.78 is 13.8. The lowest BCUT2D eigenvalue weighted by molar-refractivity contribution is 0.195. The van der Waals surface area contributed by atoms with Crippen molar-refractivity contribution in [1.29, 1.82) is 0 Å². The lowest BCUT2D eigenvalue weighted by Gasteiger charge is -2.12. The lowest BCUT2D eigenvalue weighted by atomic mass is 10.1. The van der Waals surface area contributed by atoms with Crippen molar-refractivity contribution in [3.63, 3.8) is 0 Å². The Morgan fingerprint density at radius 3 is 2.63 bits per heavy atom. The predicted molar refractivity (Wildman–Crippen MR) is 78.0 cm³/mol. The number of hydrogen-bond acceptors (Lipinski definition) is 2. The van der Waals surface area contributed by atoms with Crippen molar-refractivity contribution in [2.45, 2.75) is 23.7 Å². The molecule has 19 heavy (non-hydrogen) atoms. The fourth-order valence-electron chi connectivity index (χ4n) is 1.77. The third-order valence-corrected chi connectivity index (χ3v) is 4.32. The molecular weight excluding hydrogens is 283 g/mol. The van der Waals surface area contributed by atoms with Crippen molar-refractivity contribution in [3.05, 3.63) is 64.4 Å². The molecule has 0 amide bonds. The standard InChI is InChI=1S/C15H14ClFOS/c1-10(18)12-6-4-8-14(17)15(12)19-9-11-5-2-3-7-13(11)16/h2-8,10,18H,9H2,1H3. The first-order valence-electron chi connectivity index (χ1n) is 5.92. The van der Waals surface area contributed by atoms with Crippen molar-refractivity contribution in [2.75, 3.05) is 0 Å². The van der Waals surface area contributed by atoms with Gasteiger partial charge in [0.25, 0.3) is 0 Å². The molecule has 100 valence electrons. The van der Waals surface area contributed by atoms with E-state index in [9.17, 15) is 9.50 Å². The highest BCUT2D eigenvalue weighted by Gasteiger charge is 2.13. The van der Waals surface area contributed by atoms with E-state index in [1.54, 1.807) is 19.1 Å². The summed E-state index contributed by atoms with van der Waals surface area (Å²) in [5, 5.41) is 10.3. The van der Waals surface area contributed by atoms with Crippen LogP contribution in [0.2, 0.25) is 5.02 Å². The zero-order chi connectivity index (χ0) is 13.8. The van der Waals surface area contributed by atoms with Crippen molar-refractivity contribution in [3.8, 4) is 0 Å². The normalized spacial score (nSPS) is 12.4. The summed E-state index contributed by atoms with van der Waals surface area (Å²) in [6, 6.07) is 12.2. The molecule has 2 rings (SSSR count). The van der Waals surface area contributed by atoms with Gasteiger partial charge in [0.05, 0.1) is 6.10 Å². The molecule has 0 aliphatic heterocycles. The van der Waals surface area contributed by atoms with Crippen LogP contribution in [0.5, 0.6) is 0 Å². The molecule has 1 atom stereocenters. The van der Waals surface area contributed by atoms with E-state index in [0.29, 0.717) is 21.2 Å². The number of thioether (sulfide) groups is 1. The van der Waals surface area contributed by atoms with Gasteiger partial charge in [-0.15, -0.1) is 11.8 Å². The predicted octanol–water partition coefficient (Wildman–Crippen LogP) is 4.82. The minimum Gasteiger partial charge on any atom is -0.389 e. The summed E-state index contributed by atoms with van der Waals surface area (Å²) in [6.07, 6.45) is -0.690. The van der Waals surface area contributed by atoms with Gasteiger partial charge in [-0.2, -0.15) is 0 Å². The van der Waals surface area contributed by atoms with E-state index in [0.717, 1.165) is 5.56 Å². The van der Waals surface area contributed by atoms with E-state index in [1.165, 1.54) is 17.8 Å². The zero-order valence-corrected chi connectivity index (χ0v) is 12.0. The summed E-state index contributed by atoms with van der Waals surface area (Å²) in [6.45, 7) is 1.63. The highest BCUT2D eigenvalue weighted by Crippen LogP contribution is 2.33. The fourth-order valence-corrected chi connectivity index (χ4v) is 3.22. The van der Waals surface area contributed by atoms with E-state index in [-0.39, 0.29) is 5.82 Å².